The summed E-state index contributed by atoms with van der Waals surface area (Å²) < 4.78 is 0. The van der Waals surface area contributed by atoms with Crippen molar-refractivity contribution in [3.8, 4) is 0 Å². The van der Waals surface area contributed by atoms with E-state index in [4.69, 9.17) is 0 Å². The minimum absolute atomic E-state index is 0.00363. The summed E-state index contributed by atoms with van der Waals surface area (Å²) in [7, 11) is 0. The van der Waals surface area contributed by atoms with Crippen molar-refractivity contribution in [2.75, 3.05) is 19.6 Å². The zero-order chi connectivity index (χ0) is 13.8. The number of hydrogen-bond donors (Lipinski definition) is 2. The van der Waals surface area contributed by atoms with E-state index in [0.717, 1.165) is 32.5 Å². The van der Waals surface area contributed by atoms with E-state index in [2.05, 4.69) is 24.5 Å². The van der Waals surface area contributed by atoms with E-state index >= 15 is 0 Å². The number of piperidine rings is 1. The van der Waals surface area contributed by atoms with Crippen LogP contribution < -0.4 is 10.6 Å². The van der Waals surface area contributed by atoms with Gasteiger partial charge in [-0.1, -0.05) is 0 Å². The van der Waals surface area contributed by atoms with Gasteiger partial charge in [-0.3, -0.25) is 9.59 Å². The first kappa shape index (κ1) is 14.3. The lowest BCUT2D eigenvalue weighted by molar-refractivity contribution is -0.136. The topological polar surface area (TPSA) is 61.4 Å². The smallest absolute Gasteiger partial charge is 0.245 e. The standard InChI is InChI=1S/C14H25N3O2/c1-10(2)17(9-11-5-7-15-8-6-11)14(19)12-3-4-13(18)16-12/h10-12,15H,3-9H2,1-2H3,(H,16,18)/t12-/m0/s1. The Hall–Kier alpha value is -1.10. The van der Waals surface area contributed by atoms with Crippen LogP contribution in [0.4, 0.5) is 0 Å². The van der Waals surface area contributed by atoms with Gasteiger partial charge in [0.15, 0.2) is 0 Å². The highest BCUT2D eigenvalue weighted by Crippen LogP contribution is 2.18. The fourth-order valence-corrected chi connectivity index (χ4v) is 2.90. The highest BCUT2D eigenvalue weighted by Gasteiger charge is 2.32. The first-order chi connectivity index (χ1) is 9.08. The Balaban J connectivity index is 1.94. The highest BCUT2D eigenvalue weighted by atomic mass is 16.2. The Kier molecular flexibility index (Phi) is 4.80. The molecule has 2 saturated heterocycles. The normalized spacial score (nSPS) is 24.6. The second kappa shape index (κ2) is 6.37. The third kappa shape index (κ3) is 3.69. The molecule has 5 heteroatoms. The second-order valence-corrected chi connectivity index (χ2v) is 5.94. The predicted molar refractivity (Wildman–Crippen MR) is 73.6 cm³/mol. The molecule has 5 nitrogen and oxygen atoms in total. The van der Waals surface area contributed by atoms with Gasteiger partial charge < -0.3 is 15.5 Å². The quantitative estimate of drug-likeness (QED) is 0.780. The predicted octanol–water partition coefficient (Wildman–Crippen LogP) is 0.502. The van der Waals surface area contributed by atoms with Crippen LogP contribution in [0.1, 0.15) is 39.5 Å². The average Bonchev–Trinajstić information content (AvgIpc) is 2.83. The molecule has 0 aromatic rings. The number of carbonyl (C=O) groups is 2. The zero-order valence-corrected chi connectivity index (χ0v) is 11.9. The number of amides is 2. The molecule has 0 bridgehead atoms. The fourth-order valence-electron chi connectivity index (χ4n) is 2.90. The maximum absolute atomic E-state index is 12.5. The van der Waals surface area contributed by atoms with E-state index in [-0.39, 0.29) is 23.9 Å². The van der Waals surface area contributed by atoms with Crippen molar-refractivity contribution in [3.05, 3.63) is 0 Å². The molecular formula is C14H25N3O2. The number of rotatable bonds is 4. The summed E-state index contributed by atoms with van der Waals surface area (Å²) in [4.78, 5) is 25.7. The molecule has 0 aromatic carbocycles. The Bertz CT molecular complexity index is 338. The van der Waals surface area contributed by atoms with Crippen molar-refractivity contribution in [3.63, 3.8) is 0 Å². The van der Waals surface area contributed by atoms with Gasteiger partial charge >= 0.3 is 0 Å². The molecule has 0 aromatic heterocycles. The summed E-state index contributed by atoms with van der Waals surface area (Å²) in [6.07, 6.45) is 3.39. The largest absolute Gasteiger partial charge is 0.344 e. The third-order valence-corrected chi connectivity index (χ3v) is 4.11. The Labute approximate surface area is 115 Å². The maximum Gasteiger partial charge on any atom is 0.245 e. The van der Waals surface area contributed by atoms with Crippen molar-refractivity contribution in [2.24, 2.45) is 5.92 Å². The molecule has 0 unspecified atom stereocenters. The molecule has 2 aliphatic heterocycles. The van der Waals surface area contributed by atoms with Gasteiger partial charge in [0.2, 0.25) is 11.8 Å². The van der Waals surface area contributed by atoms with Crippen LogP contribution in [0.25, 0.3) is 0 Å². The van der Waals surface area contributed by atoms with Crippen LogP contribution in [-0.4, -0.2) is 48.4 Å². The lowest BCUT2D eigenvalue weighted by atomic mass is 9.96. The summed E-state index contributed by atoms with van der Waals surface area (Å²) >= 11 is 0. The maximum atomic E-state index is 12.5. The van der Waals surface area contributed by atoms with E-state index in [0.29, 0.717) is 18.8 Å². The lowest BCUT2D eigenvalue weighted by Crippen LogP contribution is -2.50. The van der Waals surface area contributed by atoms with Crippen LogP contribution in [0.5, 0.6) is 0 Å². The minimum atomic E-state index is -0.295. The summed E-state index contributed by atoms with van der Waals surface area (Å²) in [6.45, 7) is 7.02. The summed E-state index contributed by atoms with van der Waals surface area (Å²) in [6, 6.07) is -0.100. The van der Waals surface area contributed by atoms with Gasteiger partial charge in [-0.05, 0) is 52.1 Å². The Morgan fingerprint density at radius 1 is 1.32 bits per heavy atom. The zero-order valence-electron chi connectivity index (χ0n) is 11.9. The Morgan fingerprint density at radius 3 is 2.53 bits per heavy atom. The number of nitrogens with zero attached hydrogens (tertiary/aromatic N) is 1. The van der Waals surface area contributed by atoms with Crippen LogP contribution in [0, 0.1) is 5.92 Å². The van der Waals surface area contributed by atoms with Gasteiger partial charge in [0.05, 0.1) is 0 Å². The van der Waals surface area contributed by atoms with E-state index in [1.807, 2.05) is 4.90 Å². The molecule has 2 N–H and O–H groups in total. The van der Waals surface area contributed by atoms with Crippen molar-refractivity contribution >= 4 is 11.8 Å². The molecular weight excluding hydrogens is 242 g/mol. The SMILES string of the molecule is CC(C)N(CC1CCNCC1)C(=O)[C@@H]1CCC(=O)N1. The van der Waals surface area contributed by atoms with Gasteiger partial charge in [0, 0.05) is 19.0 Å². The molecule has 2 fully saturated rings. The molecule has 2 heterocycles. The highest BCUT2D eigenvalue weighted by molar-refractivity contribution is 5.90. The van der Waals surface area contributed by atoms with Gasteiger partial charge in [-0.25, -0.2) is 0 Å². The summed E-state index contributed by atoms with van der Waals surface area (Å²) in [5.74, 6) is 0.688. The molecule has 2 rings (SSSR count). The van der Waals surface area contributed by atoms with E-state index < -0.39 is 0 Å². The van der Waals surface area contributed by atoms with Gasteiger partial charge in [-0.15, -0.1) is 0 Å². The number of hydrogen-bond acceptors (Lipinski definition) is 3. The van der Waals surface area contributed by atoms with Gasteiger partial charge in [-0.2, -0.15) is 0 Å². The summed E-state index contributed by atoms with van der Waals surface area (Å²) in [5, 5.41) is 6.13. The average molecular weight is 267 g/mol. The minimum Gasteiger partial charge on any atom is -0.344 e. The first-order valence-electron chi connectivity index (χ1n) is 7.38. The molecule has 0 saturated carbocycles. The van der Waals surface area contributed by atoms with E-state index in [1.165, 1.54) is 0 Å². The molecule has 19 heavy (non-hydrogen) atoms. The van der Waals surface area contributed by atoms with Crippen LogP contribution in [0.2, 0.25) is 0 Å². The van der Waals surface area contributed by atoms with Crippen LogP contribution >= 0.6 is 0 Å². The summed E-state index contributed by atoms with van der Waals surface area (Å²) in [5.41, 5.74) is 0. The number of carbonyl (C=O) groups excluding carboxylic acids is 2. The monoisotopic (exact) mass is 267 g/mol. The van der Waals surface area contributed by atoms with Gasteiger partial charge in [0.1, 0.15) is 6.04 Å². The lowest BCUT2D eigenvalue weighted by Gasteiger charge is -2.34. The van der Waals surface area contributed by atoms with Crippen molar-refractivity contribution in [1.29, 1.82) is 0 Å². The molecule has 1 atom stereocenters. The van der Waals surface area contributed by atoms with Crippen molar-refractivity contribution in [2.45, 2.75) is 51.6 Å². The number of nitrogens with one attached hydrogen (secondary N) is 2. The van der Waals surface area contributed by atoms with Gasteiger partial charge in [0.25, 0.3) is 0 Å². The van der Waals surface area contributed by atoms with Crippen molar-refractivity contribution in [1.82, 2.24) is 15.5 Å². The van der Waals surface area contributed by atoms with Crippen LogP contribution in [0.15, 0.2) is 0 Å². The Morgan fingerprint density at radius 2 is 2.00 bits per heavy atom. The third-order valence-electron chi connectivity index (χ3n) is 4.11. The molecule has 0 spiro atoms. The first-order valence-corrected chi connectivity index (χ1v) is 7.38. The molecule has 108 valence electrons. The fraction of sp³-hybridized carbons (Fsp3) is 0.857. The van der Waals surface area contributed by atoms with E-state index in [1.54, 1.807) is 0 Å². The molecule has 2 amide bonds. The molecule has 2 aliphatic rings. The van der Waals surface area contributed by atoms with Crippen LogP contribution in [-0.2, 0) is 9.59 Å². The molecule has 0 radical (unpaired) electrons. The second-order valence-electron chi connectivity index (χ2n) is 5.94. The van der Waals surface area contributed by atoms with E-state index in [9.17, 15) is 9.59 Å². The van der Waals surface area contributed by atoms with Crippen molar-refractivity contribution < 1.29 is 9.59 Å². The van der Waals surface area contributed by atoms with Crippen LogP contribution in [0.3, 0.4) is 0 Å². The molecule has 0 aliphatic carbocycles.